The summed E-state index contributed by atoms with van der Waals surface area (Å²) in [5, 5.41) is 0. The molecule has 0 aliphatic carbocycles. The van der Waals surface area contributed by atoms with Crippen LogP contribution in [-0.4, -0.2) is 53.4 Å². The molecule has 0 spiro atoms. The van der Waals surface area contributed by atoms with E-state index in [2.05, 4.69) is 20.8 Å². The first-order valence-corrected chi connectivity index (χ1v) is 7.42. The van der Waals surface area contributed by atoms with E-state index >= 15 is 0 Å². The average Bonchev–Trinajstić information content (AvgIpc) is 2.41. The van der Waals surface area contributed by atoms with Crippen molar-refractivity contribution in [3.63, 3.8) is 0 Å². The molecule has 1 heterocycles. The average molecular weight is 360 g/mol. The van der Waals surface area contributed by atoms with Crippen LogP contribution in [0.15, 0.2) is 22.7 Å². The summed E-state index contributed by atoms with van der Waals surface area (Å²) in [7, 11) is 0. The monoisotopic (exact) mass is 359 g/mol. The molecule has 1 amide bonds. The number of nitrogens with zero attached hydrogens (tertiary/aromatic N) is 2. The van der Waals surface area contributed by atoms with Crippen molar-refractivity contribution in [2.75, 3.05) is 32.7 Å². The van der Waals surface area contributed by atoms with Crippen LogP contribution in [0.5, 0.6) is 0 Å². The number of benzene rings is 1. The molecule has 1 saturated heterocycles. The fourth-order valence-corrected chi connectivity index (χ4v) is 2.70. The zero-order valence-electron chi connectivity index (χ0n) is 10.8. The largest absolute Gasteiger partial charge is 0.392 e. The summed E-state index contributed by atoms with van der Waals surface area (Å²) in [6.45, 7) is 3.04. The standard InChI is InChI=1S/C13H15BrFN3OS/c14-9-1-2-11(15)10(7-9)13(19)18-5-3-17(4-6-18)8-12(16)20/h1-2,7H,3-6,8H2,(H2,16,20). The van der Waals surface area contributed by atoms with Gasteiger partial charge in [-0.05, 0) is 18.2 Å². The predicted molar refractivity (Wildman–Crippen MR) is 83.2 cm³/mol. The van der Waals surface area contributed by atoms with Gasteiger partial charge in [-0.1, -0.05) is 28.1 Å². The second kappa shape index (κ2) is 6.60. The maximum atomic E-state index is 13.7. The minimum atomic E-state index is -0.497. The lowest BCUT2D eigenvalue weighted by atomic mass is 10.1. The van der Waals surface area contributed by atoms with Gasteiger partial charge >= 0.3 is 0 Å². The molecule has 1 aliphatic rings. The molecular formula is C13H15BrFN3OS. The van der Waals surface area contributed by atoms with Crippen LogP contribution in [0.25, 0.3) is 0 Å². The number of piperazine rings is 1. The van der Waals surface area contributed by atoms with Gasteiger partial charge in [-0.15, -0.1) is 0 Å². The number of nitrogens with two attached hydrogens (primary N) is 1. The third kappa shape index (κ3) is 3.74. The molecule has 1 aromatic carbocycles. The van der Waals surface area contributed by atoms with E-state index in [1.54, 1.807) is 11.0 Å². The van der Waals surface area contributed by atoms with Crippen LogP contribution in [0, 0.1) is 5.82 Å². The Labute approximate surface area is 130 Å². The van der Waals surface area contributed by atoms with Crippen molar-refractivity contribution in [1.82, 2.24) is 9.80 Å². The van der Waals surface area contributed by atoms with E-state index in [9.17, 15) is 9.18 Å². The number of thiocarbonyl (C=S) groups is 1. The van der Waals surface area contributed by atoms with Gasteiger partial charge in [-0.2, -0.15) is 0 Å². The molecule has 1 aromatic rings. The molecule has 1 aliphatic heterocycles. The van der Waals surface area contributed by atoms with Gasteiger partial charge in [0, 0.05) is 37.2 Å². The summed E-state index contributed by atoms with van der Waals surface area (Å²) in [6.07, 6.45) is 0. The topological polar surface area (TPSA) is 49.6 Å². The van der Waals surface area contributed by atoms with Crippen LogP contribution >= 0.6 is 28.1 Å². The first-order valence-electron chi connectivity index (χ1n) is 6.22. The first kappa shape index (κ1) is 15.3. The number of rotatable bonds is 3. The number of hydrogen-bond acceptors (Lipinski definition) is 3. The second-order valence-corrected chi connectivity index (χ2v) is 6.10. The maximum Gasteiger partial charge on any atom is 0.256 e. The van der Waals surface area contributed by atoms with E-state index in [1.165, 1.54) is 12.1 Å². The van der Waals surface area contributed by atoms with E-state index in [-0.39, 0.29) is 11.5 Å². The SMILES string of the molecule is NC(=S)CN1CCN(C(=O)c2cc(Br)ccc2F)CC1. The van der Waals surface area contributed by atoms with Crippen molar-refractivity contribution < 1.29 is 9.18 Å². The molecule has 20 heavy (non-hydrogen) atoms. The summed E-state index contributed by atoms with van der Waals surface area (Å²) >= 11 is 8.12. The summed E-state index contributed by atoms with van der Waals surface area (Å²) < 4.78 is 14.4. The normalized spacial score (nSPS) is 16.2. The van der Waals surface area contributed by atoms with Crippen molar-refractivity contribution >= 4 is 39.0 Å². The van der Waals surface area contributed by atoms with Gasteiger partial charge in [0.1, 0.15) is 5.82 Å². The molecule has 1 fully saturated rings. The highest BCUT2D eigenvalue weighted by molar-refractivity contribution is 9.10. The molecule has 0 saturated carbocycles. The molecule has 108 valence electrons. The summed E-state index contributed by atoms with van der Waals surface area (Å²) in [4.78, 5) is 16.5. The first-order chi connectivity index (χ1) is 9.47. The van der Waals surface area contributed by atoms with Crippen molar-refractivity contribution in [1.29, 1.82) is 0 Å². The molecule has 0 atom stereocenters. The smallest absolute Gasteiger partial charge is 0.256 e. The van der Waals surface area contributed by atoms with Crippen molar-refractivity contribution in [2.24, 2.45) is 5.73 Å². The number of amides is 1. The molecular weight excluding hydrogens is 345 g/mol. The number of hydrogen-bond donors (Lipinski definition) is 1. The third-order valence-electron chi connectivity index (χ3n) is 3.20. The fourth-order valence-electron chi connectivity index (χ4n) is 2.16. The third-order valence-corrected chi connectivity index (χ3v) is 3.82. The Balaban J connectivity index is 2.01. The predicted octanol–water partition coefficient (Wildman–Crippen LogP) is 1.63. The van der Waals surface area contributed by atoms with Gasteiger partial charge in [0.25, 0.3) is 5.91 Å². The lowest BCUT2D eigenvalue weighted by Crippen LogP contribution is -2.50. The Morgan fingerprint density at radius 3 is 2.60 bits per heavy atom. The van der Waals surface area contributed by atoms with E-state index in [0.29, 0.717) is 42.2 Å². The zero-order chi connectivity index (χ0) is 14.7. The van der Waals surface area contributed by atoms with Crippen LogP contribution in [-0.2, 0) is 0 Å². The maximum absolute atomic E-state index is 13.7. The van der Waals surface area contributed by atoms with Crippen molar-refractivity contribution in [3.8, 4) is 0 Å². The van der Waals surface area contributed by atoms with Crippen molar-refractivity contribution in [3.05, 3.63) is 34.1 Å². The Morgan fingerprint density at radius 2 is 2.00 bits per heavy atom. The van der Waals surface area contributed by atoms with Gasteiger partial charge < -0.3 is 10.6 Å². The number of carbonyl (C=O) groups is 1. The van der Waals surface area contributed by atoms with Gasteiger partial charge in [-0.25, -0.2) is 4.39 Å². The van der Waals surface area contributed by atoms with Gasteiger partial charge in [0.15, 0.2) is 0 Å². The fraction of sp³-hybridized carbons (Fsp3) is 0.385. The van der Waals surface area contributed by atoms with Gasteiger partial charge in [0.2, 0.25) is 0 Å². The highest BCUT2D eigenvalue weighted by Crippen LogP contribution is 2.18. The minimum absolute atomic E-state index is 0.0992. The molecule has 4 nitrogen and oxygen atoms in total. The van der Waals surface area contributed by atoms with Crippen molar-refractivity contribution in [2.45, 2.75) is 0 Å². The highest BCUT2D eigenvalue weighted by Gasteiger charge is 2.24. The number of carbonyl (C=O) groups excluding carboxylic acids is 1. The lowest BCUT2D eigenvalue weighted by Gasteiger charge is -2.34. The van der Waals surface area contributed by atoms with Crippen LogP contribution in [0.1, 0.15) is 10.4 Å². The summed E-state index contributed by atoms with van der Waals surface area (Å²) in [6, 6.07) is 4.38. The Bertz CT molecular complexity index is 532. The lowest BCUT2D eigenvalue weighted by molar-refractivity contribution is 0.0650. The summed E-state index contributed by atoms with van der Waals surface area (Å²) in [5.41, 5.74) is 5.60. The Hall–Kier alpha value is -1.05. The van der Waals surface area contributed by atoms with E-state index in [0.717, 1.165) is 0 Å². The molecule has 0 aromatic heterocycles. The van der Waals surface area contributed by atoms with Gasteiger partial charge in [0.05, 0.1) is 10.6 Å². The Morgan fingerprint density at radius 1 is 1.35 bits per heavy atom. The molecule has 2 N–H and O–H groups in total. The van der Waals surface area contributed by atoms with E-state index in [1.807, 2.05) is 0 Å². The number of halogens is 2. The zero-order valence-corrected chi connectivity index (χ0v) is 13.2. The molecule has 7 heteroatoms. The minimum Gasteiger partial charge on any atom is -0.392 e. The Kier molecular flexibility index (Phi) is 5.06. The van der Waals surface area contributed by atoms with Crippen LogP contribution in [0.4, 0.5) is 4.39 Å². The summed E-state index contributed by atoms with van der Waals surface area (Å²) in [5.74, 6) is -0.775. The second-order valence-electron chi connectivity index (χ2n) is 4.66. The van der Waals surface area contributed by atoms with Crippen LogP contribution in [0.2, 0.25) is 0 Å². The molecule has 2 rings (SSSR count). The van der Waals surface area contributed by atoms with Crippen LogP contribution in [0.3, 0.4) is 0 Å². The molecule has 0 radical (unpaired) electrons. The van der Waals surface area contributed by atoms with E-state index in [4.69, 9.17) is 18.0 Å². The van der Waals surface area contributed by atoms with E-state index < -0.39 is 5.82 Å². The molecule has 0 bridgehead atoms. The van der Waals surface area contributed by atoms with Crippen LogP contribution < -0.4 is 5.73 Å². The quantitative estimate of drug-likeness (QED) is 0.833. The van der Waals surface area contributed by atoms with Gasteiger partial charge in [-0.3, -0.25) is 9.69 Å². The molecule has 0 unspecified atom stereocenters. The highest BCUT2D eigenvalue weighted by atomic mass is 79.9.